The lowest BCUT2D eigenvalue weighted by Gasteiger charge is -2.26. The Kier molecular flexibility index (Phi) is 7.67. The van der Waals surface area contributed by atoms with E-state index in [2.05, 4.69) is 11.4 Å². The predicted octanol–water partition coefficient (Wildman–Crippen LogP) is 4.39. The highest BCUT2D eigenvalue weighted by Gasteiger charge is 2.26. The zero-order valence-corrected chi connectivity index (χ0v) is 19.5. The molecule has 0 atom stereocenters. The molecule has 1 heterocycles. The van der Waals surface area contributed by atoms with Crippen LogP contribution in [-0.4, -0.2) is 50.2 Å². The zero-order chi connectivity index (χ0) is 22.4. The van der Waals surface area contributed by atoms with Gasteiger partial charge in [-0.05, 0) is 48.7 Å². The number of para-hydroxylation sites is 1. The number of morpholine rings is 1. The number of nitrogens with zero attached hydrogens (tertiary/aromatic N) is 1. The summed E-state index contributed by atoms with van der Waals surface area (Å²) >= 11 is 1.84. The van der Waals surface area contributed by atoms with E-state index >= 15 is 0 Å². The molecule has 1 amide bonds. The molecule has 6 nitrogen and oxygen atoms in total. The second kappa shape index (κ2) is 10.7. The summed E-state index contributed by atoms with van der Waals surface area (Å²) in [5.41, 5.74) is 1.58. The van der Waals surface area contributed by atoms with Crippen molar-refractivity contribution in [2.75, 3.05) is 31.6 Å². The van der Waals surface area contributed by atoms with Crippen LogP contribution in [0.4, 0.5) is 5.69 Å². The molecule has 1 saturated heterocycles. The summed E-state index contributed by atoms with van der Waals surface area (Å²) in [6.45, 7) is 1.56. The van der Waals surface area contributed by atoms with E-state index < -0.39 is 10.0 Å². The topological polar surface area (TPSA) is 75.7 Å². The Labute approximate surface area is 194 Å². The normalized spacial score (nSPS) is 18.2. The van der Waals surface area contributed by atoms with Crippen LogP contribution in [0.3, 0.4) is 0 Å². The minimum absolute atomic E-state index is 0.213. The van der Waals surface area contributed by atoms with Gasteiger partial charge < -0.3 is 10.1 Å². The van der Waals surface area contributed by atoms with E-state index in [0.717, 1.165) is 16.1 Å². The molecule has 1 aliphatic carbocycles. The van der Waals surface area contributed by atoms with Crippen molar-refractivity contribution in [1.29, 1.82) is 0 Å². The SMILES string of the molecule is O=C(/C=C/c1ccc(S(=O)(=O)N2CCOCC2)cc1)Nc1ccccc1SC1CCCC1. The number of sulfonamides is 1. The minimum atomic E-state index is -3.52. The van der Waals surface area contributed by atoms with Gasteiger partial charge in [0.25, 0.3) is 0 Å². The Bertz CT molecular complexity index is 1060. The lowest BCUT2D eigenvalue weighted by molar-refractivity contribution is -0.111. The van der Waals surface area contributed by atoms with Crippen LogP contribution in [0.5, 0.6) is 0 Å². The monoisotopic (exact) mass is 472 g/mol. The van der Waals surface area contributed by atoms with Crippen molar-refractivity contribution in [3.63, 3.8) is 0 Å². The van der Waals surface area contributed by atoms with Gasteiger partial charge in [-0.1, -0.05) is 37.1 Å². The van der Waals surface area contributed by atoms with Crippen LogP contribution in [0.1, 0.15) is 31.2 Å². The maximum absolute atomic E-state index is 12.7. The summed E-state index contributed by atoms with van der Waals surface area (Å²) in [6, 6.07) is 14.5. The van der Waals surface area contributed by atoms with E-state index in [1.807, 2.05) is 30.0 Å². The fourth-order valence-corrected chi connectivity index (χ4v) is 6.63. The fourth-order valence-electron chi connectivity index (χ4n) is 3.89. The molecule has 1 saturated carbocycles. The average Bonchev–Trinajstić information content (AvgIpc) is 3.33. The molecule has 0 unspecified atom stereocenters. The summed E-state index contributed by atoms with van der Waals surface area (Å²) in [6.07, 6.45) is 8.17. The molecule has 2 aromatic carbocycles. The van der Waals surface area contributed by atoms with Gasteiger partial charge in [-0.25, -0.2) is 8.42 Å². The van der Waals surface area contributed by atoms with E-state index in [9.17, 15) is 13.2 Å². The standard InChI is InChI=1S/C24H28N2O4S2/c27-24(25-22-7-3-4-8-23(22)31-20-5-1-2-6-20)14-11-19-9-12-21(13-10-19)32(28,29)26-15-17-30-18-16-26/h3-4,7-14,20H,1-2,5-6,15-18H2,(H,25,27)/b14-11+. The van der Waals surface area contributed by atoms with Gasteiger partial charge in [0.05, 0.1) is 23.8 Å². The summed E-state index contributed by atoms with van der Waals surface area (Å²) in [5.74, 6) is -0.213. The number of carbonyl (C=O) groups excluding carboxylic acids is 1. The molecule has 2 aliphatic rings. The Morgan fingerprint density at radius 3 is 2.44 bits per heavy atom. The number of rotatable bonds is 7. The third kappa shape index (κ3) is 5.81. The molecule has 0 spiro atoms. The molecule has 0 radical (unpaired) electrons. The number of thioether (sulfide) groups is 1. The molecule has 170 valence electrons. The molecule has 32 heavy (non-hydrogen) atoms. The number of hydrogen-bond donors (Lipinski definition) is 1. The van der Waals surface area contributed by atoms with Crippen molar-refractivity contribution in [3.05, 3.63) is 60.2 Å². The first-order chi connectivity index (χ1) is 15.5. The first kappa shape index (κ1) is 23.0. The maximum Gasteiger partial charge on any atom is 0.248 e. The van der Waals surface area contributed by atoms with E-state index in [-0.39, 0.29) is 10.8 Å². The minimum Gasteiger partial charge on any atom is -0.379 e. The van der Waals surface area contributed by atoms with Crippen molar-refractivity contribution in [3.8, 4) is 0 Å². The third-order valence-electron chi connectivity index (χ3n) is 5.66. The largest absolute Gasteiger partial charge is 0.379 e. The number of anilines is 1. The molecular weight excluding hydrogens is 444 g/mol. The molecule has 2 aromatic rings. The zero-order valence-electron chi connectivity index (χ0n) is 17.9. The predicted molar refractivity (Wildman–Crippen MR) is 128 cm³/mol. The van der Waals surface area contributed by atoms with E-state index in [1.54, 1.807) is 30.3 Å². The summed E-state index contributed by atoms with van der Waals surface area (Å²) in [7, 11) is -3.52. The molecule has 1 aliphatic heterocycles. The summed E-state index contributed by atoms with van der Waals surface area (Å²) < 4.78 is 32.1. The van der Waals surface area contributed by atoms with Crippen LogP contribution in [0.25, 0.3) is 6.08 Å². The number of ether oxygens (including phenoxy) is 1. The van der Waals surface area contributed by atoms with Crippen molar-refractivity contribution in [1.82, 2.24) is 4.31 Å². The average molecular weight is 473 g/mol. The maximum atomic E-state index is 12.7. The van der Waals surface area contributed by atoms with Crippen molar-refractivity contribution >= 4 is 39.5 Å². The fraction of sp³-hybridized carbons (Fsp3) is 0.375. The molecule has 1 N–H and O–H groups in total. The van der Waals surface area contributed by atoms with Gasteiger partial charge in [0, 0.05) is 29.3 Å². The summed E-state index contributed by atoms with van der Waals surface area (Å²) in [4.78, 5) is 13.8. The van der Waals surface area contributed by atoms with Crippen LogP contribution in [0, 0.1) is 0 Å². The summed E-state index contributed by atoms with van der Waals surface area (Å²) in [5, 5.41) is 3.59. The third-order valence-corrected chi connectivity index (χ3v) is 8.98. The number of nitrogens with one attached hydrogen (secondary N) is 1. The lowest BCUT2D eigenvalue weighted by Crippen LogP contribution is -2.40. The van der Waals surface area contributed by atoms with Crippen molar-refractivity contribution in [2.45, 2.75) is 40.7 Å². The van der Waals surface area contributed by atoms with Gasteiger partial charge in [0.15, 0.2) is 0 Å². The van der Waals surface area contributed by atoms with Crippen LogP contribution >= 0.6 is 11.8 Å². The van der Waals surface area contributed by atoms with Gasteiger partial charge >= 0.3 is 0 Å². The first-order valence-electron chi connectivity index (χ1n) is 10.9. The van der Waals surface area contributed by atoms with Crippen molar-refractivity contribution < 1.29 is 17.9 Å². The highest BCUT2D eigenvalue weighted by Crippen LogP contribution is 2.38. The Morgan fingerprint density at radius 2 is 1.72 bits per heavy atom. The molecule has 0 aromatic heterocycles. The van der Waals surface area contributed by atoms with Crippen molar-refractivity contribution in [2.24, 2.45) is 0 Å². The molecule has 8 heteroatoms. The Balaban J connectivity index is 1.38. The van der Waals surface area contributed by atoms with Gasteiger partial charge in [0.1, 0.15) is 0 Å². The van der Waals surface area contributed by atoms with Crippen LogP contribution in [0.2, 0.25) is 0 Å². The van der Waals surface area contributed by atoms with E-state index in [4.69, 9.17) is 4.74 Å². The van der Waals surface area contributed by atoms with Crippen LogP contribution in [-0.2, 0) is 19.6 Å². The van der Waals surface area contributed by atoms with Gasteiger partial charge in [-0.2, -0.15) is 4.31 Å². The number of benzene rings is 2. The Morgan fingerprint density at radius 1 is 1.03 bits per heavy atom. The highest BCUT2D eigenvalue weighted by atomic mass is 32.2. The van der Waals surface area contributed by atoms with Gasteiger partial charge in [0.2, 0.25) is 15.9 Å². The highest BCUT2D eigenvalue weighted by molar-refractivity contribution is 8.00. The van der Waals surface area contributed by atoms with E-state index in [0.29, 0.717) is 31.6 Å². The van der Waals surface area contributed by atoms with E-state index in [1.165, 1.54) is 36.1 Å². The van der Waals surface area contributed by atoms with Gasteiger partial charge in [-0.3, -0.25) is 4.79 Å². The molecule has 2 fully saturated rings. The van der Waals surface area contributed by atoms with Gasteiger partial charge in [-0.15, -0.1) is 11.8 Å². The number of hydrogen-bond acceptors (Lipinski definition) is 5. The smallest absolute Gasteiger partial charge is 0.248 e. The molecule has 4 rings (SSSR count). The number of amides is 1. The van der Waals surface area contributed by atoms with Crippen LogP contribution in [0.15, 0.2) is 64.4 Å². The van der Waals surface area contributed by atoms with Crippen LogP contribution < -0.4 is 5.32 Å². The lowest BCUT2D eigenvalue weighted by atomic mass is 10.2. The number of carbonyl (C=O) groups is 1. The Hall–Kier alpha value is -2.13. The molecule has 0 bridgehead atoms. The quantitative estimate of drug-likeness (QED) is 0.605. The molecular formula is C24H28N2O4S2. The first-order valence-corrected chi connectivity index (χ1v) is 13.3. The second-order valence-corrected chi connectivity index (χ2v) is 11.2. The second-order valence-electron chi connectivity index (χ2n) is 7.93.